The number of rotatable bonds is 0. The van der Waals surface area contributed by atoms with Gasteiger partial charge in [-0.2, -0.15) is 0 Å². The van der Waals surface area contributed by atoms with E-state index in [0.717, 1.165) is 5.70 Å². The van der Waals surface area contributed by atoms with Crippen LogP contribution in [0.25, 0.3) is 0 Å². The van der Waals surface area contributed by atoms with Gasteiger partial charge in [-0.25, -0.2) is 10.4 Å². The molecule has 0 saturated carbocycles. The molecule has 1 aliphatic heterocycles. The van der Waals surface area contributed by atoms with Crippen LogP contribution in [-0.4, -0.2) is 6.61 Å². The monoisotopic (exact) mass is 101 g/mol. The van der Waals surface area contributed by atoms with Crippen molar-refractivity contribution in [3.63, 3.8) is 0 Å². The number of hydrogen-bond donors (Lipinski definition) is 1. The van der Waals surface area contributed by atoms with Crippen molar-refractivity contribution < 1.29 is 9.88 Å². The van der Waals surface area contributed by atoms with Crippen LogP contribution in [0, 0.1) is 0 Å². The average molecular weight is 101 g/mol. The highest BCUT2D eigenvalue weighted by atomic mass is 17.3. The van der Waals surface area contributed by atoms with Crippen molar-refractivity contribution in [3.8, 4) is 0 Å². The number of allylic oxidation sites excluding steroid dienone is 1. The molecule has 0 aromatic carbocycles. The molecule has 3 heteroatoms. The molecule has 0 radical (unpaired) electrons. The van der Waals surface area contributed by atoms with Crippen molar-refractivity contribution in [2.24, 2.45) is 0 Å². The van der Waals surface area contributed by atoms with Gasteiger partial charge in [-0.05, 0) is 6.92 Å². The number of nitrogens with one attached hydrogen (secondary N) is 1. The van der Waals surface area contributed by atoms with Crippen LogP contribution in [-0.2, 0) is 9.88 Å². The second kappa shape index (κ2) is 1.95. The van der Waals surface area contributed by atoms with Gasteiger partial charge in [0.25, 0.3) is 0 Å². The Bertz CT molecular complexity index is 81.7. The molecule has 3 nitrogen and oxygen atoms in total. The summed E-state index contributed by atoms with van der Waals surface area (Å²) in [5.41, 5.74) is 3.52. The molecule has 0 bridgehead atoms. The van der Waals surface area contributed by atoms with E-state index in [1.54, 1.807) is 0 Å². The average Bonchev–Trinajstić information content (AvgIpc) is 2.14. The lowest BCUT2D eigenvalue weighted by molar-refractivity contribution is -0.285. The van der Waals surface area contributed by atoms with E-state index >= 15 is 0 Å². The third-order valence-corrected chi connectivity index (χ3v) is 0.795. The standard InChI is InChI=1S/C4H7NO2/c1-2-4-3-6-7-5-4/h2,5H,3H2,1H3. The highest BCUT2D eigenvalue weighted by molar-refractivity contribution is 4.95. The minimum atomic E-state index is 0.538. The van der Waals surface area contributed by atoms with Gasteiger partial charge in [-0.1, -0.05) is 6.08 Å². The molecule has 7 heavy (non-hydrogen) atoms. The van der Waals surface area contributed by atoms with Crippen molar-refractivity contribution in [2.75, 3.05) is 6.61 Å². The van der Waals surface area contributed by atoms with Crippen LogP contribution in [0.1, 0.15) is 6.92 Å². The Labute approximate surface area is 41.8 Å². The summed E-state index contributed by atoms with van der Waals surface area (Å²) in [6.07, 6.45) is 1.90. The molecule has 1 N–H and O–H groups in total. The first kappa shape index (κ1) is 4.61. The second-order valence-electron chi connectivity index (χ2n) is 1.26. The van der Waals surface area contributed by atoms with Crippen LogP contribution in [0.4, 0.5) is 0 Å². The van der Waals surface area contributed by atoms with E-state index in [-0.39, 0.29) is 0 Å². The Morgan fingerprint density at radius 1 is 1.86 bits per heavy atom. The quantitative estimate of drug-likeness (QED) is 0.447. The highest BCUT2D eigenvalue weighted by Crippen LogP contribution is 1.97. The summed E-state index contributed by atoms with van der Waals surface area (Å²) in [7, 11) is 0. The summed E-state index contributed by atoms with van der Waals surface area (Å²) in [4.78, 5) is 8.80. The molecular formula is C4H7NO2. The van der Waals surface area contributed by atoms with E-state index in [1.807, 2.05) is 13.0 Å². The van der Waals surface area contributed by atoms with E-state index in [2.05, 4.69) is 15.4 Å². The molecule has 0 amide bonds. The minimum absolute atomic E-state index is 0.538. The summed E-state index contributed by atoms with van der Waals surface area (Å²) in [6.45, 7) is 2.46. The van der Waals surface area contributed by atoms with Gasteiger partial charge in [0.05, 0.1) is 5.70 Å². The smallest absolute Gasteiger partial charge is 0.126 e. The third-order valence-electron chi connectivity index (χ3n) is 0.795. The first-order chi connectivity index (χ1) is 3.43. The lowest BCUT2D eigenvalue weighted by Gasteiger charge is -1.84. The molecule has 1 aliphatic rings. The van der Waals surface area contributed by atoms with Gasteiger partial charge in [0.2, 0.25) is 0 Å². The fourth-order valence-corrected chi connectivity index (χ4v) is 0.348. The SMILES string of the molecule is CC=C1COON1. The molecule has 1 rings (SSSR count). The highest BCUT2D eigenvalue weighted by Gasteiger charge is 2.03. The Balaban J connectivity index is 2.41. The van der Waals surface area contributed by atoms with Gasteiger partial charge in [-0.15, -0.1) is 4.99 Å². The van der Waals surface area contributed by atoms with Crippen LogP contribution >= 0.6 is 0 Å². The van der Waals surface area contributed by atoms with E-state index in [4.69, 9.17) is 0 Å². The molecule has 1 heterocycles. The Morgan fingerprint density at radius 2 is 2.71 bits per heavy atom. The summed E-state index contributed by atoms with van der Waals surface area (Å²) in [5, 5.41) is 0. The van der Waals surface area contributed by atoms with Crippen molar-refractivity contribution in [1.82, 2.24) is 5.48 Å². The number of hydroxylamine groups is 1. The van der Waals surface area contributed by atoms with Gasteiger partial charge in [0, 0.05) is 0 Å². The van der Waals surface area contributed by atoms with E-state index < -0.39 is 0 Å². The Morgan fingerprint density at radius 3 is 3.00 bits per heavy atom. The molecule has 0 spiro atoms. The van der Waals surface area contributed by atoms with Crippen molar-refractivity contribution in [1.29, 1.82) is 0 Å². The van der Waals surface area contributed by atoms with Gasteiger partial charge in [-0.3, -0.25) is 0 Å². The summed E-state index contributed by atoms with van der Waals surface area (Å²) < 4.78 is 0. The van der Waals surface area contributed by atoms with E-state index in [0.29, 0.717) is 6.61 Å². The van der Waals surface area contributed by atoms with Crippen molar-refractivity contribution in [3.05, 3.63) is 11.8 Å². The zero-order valence-electron chi connectivity index (χ0n) is 4.10. The van der Waals surface area contributed by atoms with E-state index in [1.165, 1.54) is 0 Å². The molecule has 0 aromatic heterocycles. The fourth-order valence-electron chi connectivity index (χ4n) is 0.348. The molecule has 0 aliphatic carbocycles. The molecule has 0 aromatic rings. The van der Waals surface area contributed by atoms with Crippen molar-refractivity contribution >= 4 is 0 Å². The first-order valence-electron chi connectivity index (χ1n) is 2.13. The van der Waals surface area contributed by atoms with Crippen LogP contribution in [0.2, 0.25) is 0 Å². The maximum atomic E-state index is 4.47. The van der Waals surface area contributed by atoms with Gasteiger partial charge in [0.1, 0.15) is 6.61 Å². The summed E-state index contributed by atoms with van der Waals surface area (Å²) in [5.74, 6) is 0. The maximum Gasteiger partial charge on any atom is 0.126 e. The first-order valence-corrected chi connectivity index (χ1v) is 2.13. The Hall–Kier alpha value is -0.540. The van der Waals surface area contributed by atoms with Crippen LogP contribution in [0.5, 0.6) is 0 Å². The largest absolute Gasteiger partial charge is 0.237 e. The van der Waals surface area contributed by atoms with Crippen LogP contribution in [0.15, 0.2) is 11.8 Å². The predicted molar refractivity (Wildman–Crippen MR) is 23.9 cm³/mol. The molecule has 0 unspecified atom stereocenters. The van der Waals surface area contributed by atoms with Gasteiger partial charge >= 0.3 is 0 Å². The van der Waals surface area contributed by atoms with E-state index in [9.17, 15) is 0 Å². The normalized spacial score (nSPS) is 25.6. The third kappa shape index (κ3) is 0.913. The van der Waals surface area contributed by atoms with Gasteiger partial charge in [0.15, 0.2) is 0 Å². The zero-order chi connectivity index (χ0) is 5.11. The molecule has 1 fully saturated rings. The van der Waals surface area contributed by atoms with Crippen LogP contribution in [0.3, 0.4) is 0 Å². The second-order valence-corrected chi connectivity index (χ2v) is 1.26. The lowest BCUT2D eigenvalue weighted by Crippen LogP contribution is -2.00. The summed E-state index contributed by atoms with van der Waals surface area (Å²) >= 11 is 0. The maximum absolute atomic E-state index is 4.47. The molecule has 40 valence electrons. The fraction of sp³-hybridized carbons (Fsp3) is 0.500. The topological polar surface area (TPSA) is 30.5 Å². The molecule has 0 atom stereocenters. The van der Waals surface area contributed by atoms with Crippen LogP contribution < -0.4 is 5.48 Å². The minimum Gasteiger partial charge on any atom is -0.237 e. The predicted octanol–water partition coefficient (Wildman–Crippen LogP) is 0.357. The Kier molecular flexibility index (Phi) is 1.29. The zero-order valence-corrected chi connectivity index (χ0v) is 4.10. The lowest BCUT2D eigenvalue weighted by atomic mass is 10.5. The summed E-state index contributed by atoms with van der Waals surface area (Å²) in [6, 6.07) is 0. The molecule has 1 saturated heterocycles. The van der Waals surface area contributed by atoms with Crippen molar-refractivity contribution in [2.45, 2.75) is 6.92 Å². The van der Waals surface area contributed by atoms with Gasteiger partial charge < -0.3 is 0 Å². The molecular weight excluding hydrogens is 94.0 g/mol. The number of hydrogen-bond acceptors (Lipinski definition) is 3.